The average molecular weight is 344 g/mol. The van der Waals surface area contributed by atoms with Crippen LogP contribution in [-0.2, 0) is 0 Å². The van der Waals surface area contributed by atoms with Gasteiger partial charge >= 0.3 is 11.9 Å². The van der Waals surface area contributed by atoms with E-state index >= 15 is 0 Å². The van der Waals surface area contributed by atoms with Crippen LogP contribution in [0.4, 0.5) is 0 Å². The van der Waals surface area contributed by atoms with Gasteiger partial charge in [0, 0.05) is 11.1 Å². The molecule has 25 heavy (non-hydrogen) atoms. The zero-order chi connectivity index (χ0) is 18.4. The van der Waals surface area contributed by atoms with Crippen molar-refractivity contribution in [2.45, 2.75) is 0 Å². The summed E-state index contributed by atoms with van der Waals surface area (Å²) in [7, 11) is 0. The van der Waals surface area contributed by atoms with E-state index < -0.39 is 18.7 Å². The summed E-state index contributed by atoms with van der Waals surface area (Å²) in [5.74, 6) is -2.45. The van der Waals surface area contributed by atoms with Crippen molar-refractivity contribution in [2.75, 3.05) is 6.79 Å². The van der Waals surface area contributed by atoms with Crippen LogP contribution in [0.3, 0.4) is 0 Å². The fourth-order valence-corrected chi connectivity index (χ4v) is 1.99. The Labute approximate surface area is 141 Å². The highest BCUT2D eigenvalue weighted by molar-refractivity contribution is 5.97. The lowest BCUT2D eigenvalue weighted by molar-refractivity contribution is 0.0671. The zero-order valence-electron chi connectivity index (χ0n) is 12.7. The molecule has 0 amide bonds. The summed E-state index contributed by atoms with van der Waals surface area (Å²) in [6.07, 6.45) is 0.923. The second-order valence-corrected chi connectivity index (χ2v) is 4.76. The quantitative estimate of drug-likeness (QED) is 0.550. The molecule has 0 spiro atoms. The van der Waals surface area contributed by atoms with Crippen molar-refractivity contribution in [1.29, 1.82) is 0 Å². The highest BCUT2D eigenvalue weighted by Gasteiger charge is 2.14. The molecule has 0 radical (unpaired) electrons. The van der Waals surface area contributed by atoms with Crippen molar-refractivity contribution >= 4 is 24.5 Å². The van der Waals surface area contributed by atoms with Crippen molar-refractivity contribution in [3.63, 3.8) is 0 Å². The predicted octanol–water partition coefficient (Wildman–Crippen LogP) is 2.12. The molecule has 0 unspecified atom stereocenters. The van der Waals surface area contributed by atoms with Crippen LogP contribution in [0.1, 0.15) is 41.4 Å². The molecule has 8 nitrogen and oxygen atoms in total. The van der Waals surface area contributed by atoms with Crippen molar-refractivity contribution in [3.8, 4) is 11.5 Å². The van der Waals surface area contributed by atoms with Gasteiger partial charge in [-0.1, -0.05) is 0 Å². The highest BCUT2D eigenvalue weighted by atomic mass is 16.7. The lowest BCUT2D eigenvalue weighted by Crippen LogP contribution is -2.10. The van der Waals surface area contributed by atoms with Crippen LogP contribution >= 0.6 is 0 Å². The number of rotatable bonds is 8. The number of ether oxygens (including phenoxy) is 2. The molecule has 0 fully saturated rings. The molecule has 0 saturated heterocycles. The average Bonchev–Trinajstić information content (AvgIpc) is 2.61. The van der Waals surface area contributed by atoms with E-state index in [0.717, 1.165) is 12.1 Å². The van der Waals surface area contributed by atoms with E-state index in [1.54, 1.807) is 0 Å². The summed E-state index contributed by atoms with van der Waals surface area (Å²) < 4.78 is 10.5. The Morgan fingerprint density at radius 2 is 1.60 bits per heavy atom. The Balaban J connectivity index is 2.12. The van der Waals surface area contributed by atoms with Crippen LogP contribution in [0.15, 0.2) is 36.4 Å². The molecule has 8 heteroatoms. The largest absolute Gasteiger partial charge is 0.478 e. The number of hydrogen-bond acceptors (Lipinski definition) is 6. The number of benzene rings is 2. The molecule has 2 aromatic rings. The maximum Gasteiger partial charge on any atom is 0.339 e. The number of hydrogen-bond donors (Lipinski definition) is 2. The van der Waals surface area contributed by atoms with E-state index in [2.05, 4.69) is 0 Å². The van der Waals surface area contributed by atoms with Gasteiger partial charge in [-0.25, -0.2) is 9.59 Å². The second-order valence-electron chi connectivity index (χ2n) is 4.76. The number of aldehydes is 2. The first-order valence-corrected chi connectivity index (χ1v) is 6.87. The molecule has 0 heterocycles. The summed E-state index contributed by atoms with van der Waals surface area (Å²) in [6, 6.07) is 7.68. The number of aromatic carboxylic acids is 2. The molecule has 0 atom stereocenters. The van der Waals surface area contributed by atoms with Crippen LogP contribution in [0.25, 0.3) is 0 Å². The fourth-order valence-electron chi connectivity index (χ4n) is 1.99. The molecule has 128 valence electrons. The van der Waals surface area contributed by atoms with Crippen LogP contribution in [0.5, 0.6) is 11.5 Å². The van der Waals surface area contributed by atoms with Crippen molar-refractivity contribution in [3.05, 3.63) is 58.7 Å². The van der Waals surface area contributed by atoms with Gasteiger partial charge in [-0.15, -0.1) is 0 Å². The molecule has 0 aliphatic rings. The van der Waals surface area contributed by atoms with Gasteiger partial charge in [-0.2, -0.15) is 0 Å². The third kappa shape index (κ3) is 4.20. The zero-order valence-corrected chi connectivity index (χ0v) is 12.7. The first kappa shape index (κ1) is 17.7. The molecule has 0 aliphatic heterocycles. The van der Waals surface area contributed by atoms with Crippen LogP contribution < -0.4 is 9.47 Å². The summed E-state index contributed by atoms with van der Waals surface area (Å²) in [6.45, 7) is -0.403. The molecule has 0 saturated carbocycles. The standard InChI is InChI=1S/C17H12O8/c18-7-10-1-4-15(14(5-10)17(22)23)25-9-24-12-3-2-11(8-19)13(6-12)16(20)21/h1-8H,9H2,(H,20,21)(H,22,23). The molecule has 0 aromatic heterocycles. The van der Waals surface area contributed by atoms with Gasteiger partial charge in [0.25, 0.3) is 0 Å². The summed E-state index contributed by atoms with van der Waals surface area (Å²) in [5, 5.41) is 18.2. The Bertz CT molecular complexity index is 841. The Kier molecular flexibility index (Phi) is 5.47. The summed E-state index contributed by atoms with van der Waals surface area (Å²) in [4.78, 5) is 43.7. The fraction of sp³-hybridized carbons (Fsp3) is 0.0588. The number of carboxylic acids is 2. The van der Waals surface area contributed by atoms with E-state index in [1.807, 2.05) is 0 Å². The lowest BCUT2D eigenvalue weighted by Gasteiger charge is -2.11. The van der Waals surface area contributed by atoms with E-state index in [9.17, 15) is 19.2 Å². The lowest BCUT2D eigenvalue weighted by atomic mass is 10.1. The minimum absolute atomic E-state index is 0.00150. The number of carbonyl (C=O) groups is 4. The van der Waals surface area contributed by atoms with Crippen molar-refractivity contribution < 1.29 is 38.9 Å². The van der Waals surface area contributed by atoms with Gasteiger partial charge in [0.15, 0.2) is 6.29 Å². The maximum absolute atomic E-state index is 11.2. The molecule has 2 aromatic carbocycles. The van der Waals surface area contributed by atoms with Gasteiger partial charge in [-0.05, 0) is 36.4 Å². The van der Waals surface area contributed by atoms with Gasteiger partial charge in [0.05, 0.1) is 5.56 Å². The maximum atomic E-state index is 11.2. The van der Waals surface area contributed by atoms with E-state index in [1.165, 1.54) is 24.3 Å². The number of carboxylic acid groups (broad SMARTS) is 2. The molecular weight excluding hydrogens is 332 g/mol. The SMILES string of the molecule is O=Cc1ccc(OCOc2ccc(C=O)c(C(=O)O)c2)c(C(=O)O)c1. The minimum atomic E-state index is -1.29. The molecular formula is C17H12O8. The van der Waals surface area contributed by atoms with Crippen LogP contribution in [0, 0.1) is 0 Å². The van der Waals surface area contributed by atoms with Gasteiger partial charge in [0.2, 0.25) is 6.79 Å². The first-order chi connectivity index (χ1) is 12.0. The Morgan fingerprint density at radius 3 is 2.20 bits per heavy atom. The molecule has 2 rings (SSSR count). The molecule has 2 N–H and O–H groups in total. The Hall–Kier alpha value is -3.68. The van der Waals surface area contributed by atoms with Gasteiger partial charge < -0.3 is 19.7 Å². The predicted molar refractivity (Wildman–Crippen MR) is 83.7 cm³/mol. The Morgan fingerprint density at radius 1 is 0.880 bits per heavy atom. The summed E-state index contributed by atoms with van der Waals surface area (Å²) in [5.41, 5.74) is -0.260. The van der Waals surface area contributed by atoms with Crippen molar-refractivity contribution in [2.24, 2.45) is 0 Å². The topological polar surface area (TPSA) is 127 Å². The first-order valence-electron chi connectivity index (χ1n) is 6.87. The van der Waals surface area contributed by atoms with Crippen molar-refractivity contribution in [1.82, 2.24) is 0 Å². The van der Waals surface area contributed by atoms with Gasteiger partial charge in [-0.3, -0.25) is 9.59 Å². The minimum Gasteiger partial charge on any atom is -0.478 e. The van der Waals surface area contributed by atoms with Gasteiger partial charge in [0.1, 0.15) is 23.3 Å². The molecule has 0 aliphatic carbocycles. The van der Waals surface area contributed by atoms with Crippen LogP contribution in [-0.4, -0.2) is 41.5 Å². The van der Waals surface area contributed by atoms with E-state index in [4.69, 9.17) is 19.7 Å². The molecule has 0 bridgehead atoms. The second kappa shape index (κ2) is 7.73. The normalized spacial score (nSPS) is 9.92. The highest BCUT2D eigenvalue weighted by Crippen LogP contribution is 2.21. The van der Waals surface area contributed by atoms with E-state index in [0.29, 0.717) is 12.6 Å². The summed E-state index contributed by atoms with van der Waals surface area (Å²) >= 11 is 0. The third-order valence-electron chi connectivity index (χ3n) is 3.19. The monoisotopic (exact) mass is 344 g/mol. The smallest absolute Gasteiger partial charge is 0.339 e. The van der Waals surface area contributed by atoms with E-state index in [-0.39, 0.29) is 33.8 Å². The number of carbonyl (C=O) groups excluding carboxylic acids is 2. The van der Waals surface area contributed by atoms with Crippen LogP contribution in [0.2, 0.25) is 0 Å². The third-order valence-corrected chi connectivity index (χ3v) is 3.19.